The Morgan fingerprint density at radius 1 is 1.19 bits per heavy atom. The van der Waals surface area contributed by atoms with Crippen molar-refractivity contribution < 1.29 is 9.53 Å². The third kappa shape index (κ3) is 4.15. The average Bonchev–Trinajstić information content (AvgIpc) is 2.72. The van der Waals surface area contributed by atoms with Crippen LogP contribution in [0, 0.1) is 0 Å². The monoisotopic (exact) mass is 353 g/mol. The molecule has 1 aromatic carbocycles. The number of nitrogens with zero attached hydrogens (tertiary/aromatic N) is 2. The maximum atomic E-state index is 13.0. The van der Waals surface area contributed by atoms with Gasteiger partial charge in [0.05, 0.1) is 18.7 Å². The van der Waals surface area contributed by atoms with Crippen LogP contribution in [0.1, 0.15) is 54.6 Å². The standard InChI is InChI=1S/C21H27N3O2/c1-3-19(16-9-11-17(26-2)12-10-16)23-21(25)18-8-7-13-22-20(18)24-14-5-4-6-15-24/h7-13,19H,3-6,14-15H2,1-2H3,(H,23,25). The molecule has 1 saturated heterocycles. The number of hydrogen-bond donors (Lipinski definition) is 1. The number of benzene rings is 1. The fraction of sp³-hybridized carbons (Fsp3) is 0.429. The van der Waals surface area contributed by atoms with Gasteiger partial charge in [-0.1, -0.05) is 19.1 Å². The lowest BCUT2D eigenvalue weighted by molar-refractivity contribution is 0.0935. The van der Waals surface area contributed by atoms with Gasteiger partial charge in [-0.15, -0.1) is 0 Å². The molecule has 138 valence electrons. The van der Waals surface area contributed by atoms with Gasteiger partial charge in [0.1, 0.15) is 11.6 Å². The first-order valence-corrected chi connectivity index (χ1v) is 9.37. The molecule has 2 aromatic rings. The van der Waals surface area contributed by atoms with Crippen LogP contribution >= 0.6 is 0 Å². The second-order valence-corrected chi connectivity index (χ2v) is 6.63. The molecule has 1 atom stereocenters. The van der Waals surface area contributed by atoms with Gasteiger partial charge in [-0.05, 0) is 55.5 Å². The summed E-state index contributed by atoms with van der Waals surface area (Å²) in [5, 5.41) is 3.17. The number of piperidine rings is 1. The molecule has 5 heteroatoms. The minimum Gasteiger partial charge on any atom is -0.497 e. The van der Waals surface area contributed by atoms with Crippen molar-refractivity contribution in [2.75, 3.05) is 25.1 Å². The summed E-state index contributed by atoms with van der Waals surface area (Å²) >= 11 is 0. The number of aromatic nitrogens is 1. The van der Waals surface area contributed by atoms with Gasteiger partial charge in [-0.3, -0.25) is 4.79 Å². The molecular weight excluding hydrogens is 326 g/mol. The maximum absolute atomic E-state index is 13.0. The van der Waals surface area contributed by atoms with Crippen LogP contribution in [-0.2, 0) is 0 Å². The van der Waals surface area contributed by atoms with Gasteiger partial charge in [0.15, 0.2) is 0 Å². The highest BCUT2D eigenvalue weighted by Crippen LogP contribution is 2.24. The Labute approximate surface area is 155 Å². The molecule has 1 aliphatic heterocycles. The first-order valence-electron chi connectivity index (χ1n) is 9.37. The molecule has 0 radical (unpaired) electrons. The molecule has 1 unspecified atom stereocenters. The number of pyridine rings is 1. The number of hydrogen-bond acceptors (Lipinski definition) is 4. The molecule has 0 saturated carbocycles. The van der Waals surface area contributed by atoms with Gasteiger partial charge >= 0.3 is 0 Å². The largest absolute Gasteiger partial charge is 0.497 e. The predicted molar refractivity (Wildman–Crippen MR) is 104 cm³/mol. The molecule has 1 aromatic heterocycles. The molecule has 1 aliphatic rings. The van der Waals surface area contributed by atoms with Gasteiger partial charge in [-0.25, -0.2) is 4.98 Å². The van der Waals surface area contributed by atoms with Gasteiger partial charge in [0, 0.05) is 19.3 Å². The van der Waals surface area contributed by atoms with E-state index in [9.17, 15) is 4.79 Å². The van der Waals surface area contributed by atoms with E-state index < -0.39 is 0 Å². The number of nitrogens with one attached hydrogen (secondary N) is 1. The molecule has 1 N–H and O–H groups in total. The maximum Gasteiger partial charge on any atom is 0.255 e. The summed E-state index contributed by atoms with van der Waals surface area (Å²) in [6.07, 6.45) is 6.14. The Kier molecular flexibility index (Phi) is 6.10. The highest BCUT2D eigenvalue weighted by atomic mass is 16.5. The van der Waals surface area contributed by atoms with Gasteiger partial charge < -0.3 is 15.0 Å². The highest BCUT2D eigenvalue weighted by Gasteiger charge is 2.21. The Bertz CT molecular complexity index is 724. The summed E-state index contributed by atoms with van der Waals surface area (Å²) in [6.45, 7) is 4.00. The molecule has 3 rings (SSSR count). The predicted octanol–water partition coefficient (Wildman–Crippen LogP) is 3.96. The van der Waals surface area contributed by atoms with Crippen LogP contribution in [0.25, 0.3) is 0 Å². The number of carbonyl (C=O) groups is 1. The zero-order valence-electron chi connectivity index (χ0n) is 15.6. The Morgan fingerprint density at radius 3 is 2.58 bits per heavy atom. The van der Waals surface area contributed by atoms with Crippen molar-refractivity contribution in [2.24, 2.45) is 0 Å². The SMILES string of the molecule is CCC(NC(=O)c1cccnc1N1CCCCC1)c1ccc(OC)cc1. The lowest BCUT2D eigenvalue weighted by atomic mass is 10.0. The fourth-order valence-electron chi connectivity index (χ4n) is 3.43. The molecule has 1 fully saturated rings. The van der Waals surface area contributed by atoms with E-state index in [1.54, 1.807) is 13.3 Å². The number of methoxy groups -OCH3 is 1. The van der Waals surface area contributed by atoms with E-state index in [0.29, 0.717) is 5.56 Å². The van der Waals surface area contributed by atoms with Crippen LogP contribution in [-0.4, -0.2) is 31.1 Å². The Morgan fingerprint density at radius 2 is 1.92 bits per heavy atom. The highest BCUT2D eigenvalue weighted by molar-refractivity contribution is 5.99. The fourth-order valence-corrected chi connectivity index (χ4v) is 3.43. The number of carbonyl (C=O) groups excluding carboxylic acids is 1. The summed E-state index contributed by atoms with van der Waals surface area (Å²) < 4.78 is 5.21. The summed E-state index contributed by atoms with van der Waals surface area (Å²) in [5.41, 5.74) is 1.73. The van der Waals surface area contributed by atoms with E-state index in [-0.39, 0.29) is 11.9 Å². The van der Waals surface area contributed by atoms with Crippen molar-refractivity contribution in [1.29, 1.82) is 0 Å². The quantitative estimate of drug-likeness (QED) is 0.854. The van der Waals surface area contributed by atoms with Crippen molar-refractivity contribution in [3.8, 4) is 5.75 Å². The van der Waals surface area contributed by atoms with E-state index in [0.717, 1.165) is 49.5 Å². The number of ether oxygens (including phenoxy) is 1. The second-order valence-electron chi connectivity index (χ2n) is 6.63. The first kappa shape index (κ1) is 18.2. The average molecular weight is 353 g/mol. The summed E-state index contributed by atoms with van der Waals surface area (Å²) in [5.74, 6) is 1.55. The normalized spacial score (nSPS) is 15.4. The Hall–Kier alpha value is -2.56. The van der Waals surface area contributed by atoms with Gasteiger partial charge in [0.2, 0.25) is 0 Å². The summed E-state index contributed by atoms with van der Waals surface area (Å²) in [4.78, 5) is 19.7. The molecule has 5 nitrogen and oxygen atoms in total. The zero-order chi connectivity index (χ0) is 18.4. The van der Waals surface area contributed by atoms with Crippen molar-refractivity contribution >= 4 is 11.7 Å². The van der Waals surface area contributed by atoms with Crippen molar-refractivity contribution in [3.63, 3.8) is 0 Å². The lowest BCUT2D eigenvalue weighted by Gasteiger charge is -2.29. The number of amides is 1. The third-order valence-electron chi connectivity index (χ3n) is 4.92. The molecule has 2 heterocycles. The van der Waals surface area contributed by atoms with E-state index in [2.05, 4.69) is 22.1 Å². The molecule has 26 heavy (non-hydrogen) atoms. The third-order valence-corrected chi connectivity index (χ3v) is 4.92. The van der Waals surface area contributed by atoms with Gasteiger partial charge in [-0.2, -0.15) is 0 Å². The van der Waals surface area contributed by atoms with E-state index >= 15 is 0 Å². The van der Waals surface area contributed by atoms with E-state index in [1.807, 2.05) is 36.4 Å². The minimum absolute atomic E-state index is 0.0391. The van der Waals surface area contributed by atoms with Crippen LogP contribution in [0.4, 0.5) is 5.82 Å². The van der Waals surface area contributed by atoms with E-state index in [4.69, 9.17) is 4.74 Å². The zero-order valence-corrected chi connectivity index (χ0v) is 15.6. The molecule has 0 bridgehead atoms. The molecule has 0 aliphatic carbocycles. The van der Waals surface area contributed by atoms with Crippen LogP contribution in [0.15, 0.2) is 42.6 Å². The van der Waals surface area contributed by atoms with Crippen molar-refractivity contribution in [1.82, 2.24) is 10.3 Å². The van der Waals surface area contributed by atoms with Crippen LogP contribution in [0.5, 0.6) is 5.75 Å². The molecule has 1 amide bonds. The second kappa shape index (κ2) is 8.70. The Balaban J connectivity index is 1.77. The lowest BCUT2D eigenvalue weighted by Crippen LogP contribution is -2.34. The minimum atomic E-state index is -0.0682. The number of rotatable bonds is 6. The summed E-state index contributed by atoms with van der Waals surface area (Å²) in [7, 11) is 1.65. The first-order chi connectivity index (χ1) is 12.7. The molecular formula is C21H27N3O2. The summed E-state index contributed by atoms with van der Waals surface area (Å²) in [6, 6.07) is 11.5. The van der Waals surface area contributed by atoms with Crippen molar-refractivity contribution in [2.45, 2.75) is 38.6 Å². The smallest absolute Gasteiger partial charge is 0.255 e. The topological polar surface area (TPSA) is 54.5 Å². The van der Waals surface area contributed by atoms with Crippen LogP contribution < -0.4 is 15.0 Å². The van der Waals surface area contributed by atoms with Crippen LogP contribution in [0.3, 0.4) is 0 Å². The van der Waals surface area contributed by atoms with Crippen LogP contribution in [0.2, 0.25) is 0 Å². The molecule has 0 spiro atoms. The van der Waals surface area contributed by atoms with Crippen molar-refractivity contribution in [3.05, 3.63) is 53.7 Å². The van der Waals surface area contributed by atoms with Gasteiger partial charge in [0.25, 0.3) is 5.91 Å². The number of anilines is 1. The van der Waals surface area contributed by atoms with E-state index in [1.165, 1.54) is 6.42 Å².